The minimum absolute atomic E-state index is 0.0194. The van der Waals surface area contributed by atoms with E-state index in [2.05, 4.69) is 17.6 Å². The number of hydrogen-bond acceptors (Lipinski definition) is 4. The number of para-hydroxylation sites is 1. The van der Waals surface area contributed by atoms with Crippen LogP contribution in [-0.4, -0.2) is 37.3 Å². The van der Waals surface area contributed by atoms with Gasteiger partial charge in [-0.2, -0.15) is 0 Å². The molecular formula is C18H28N2O3. The first-order chi connectivity index (χ1) is 11.2. The predicted octanol–water partition coefficient (Wildman–Crippen LogP) is 1.70. The van der Waals surface area contributed by atoms with Gasteiger partial charge in [-0.05, 0) is 43.8 Å². The molecule has 1 aliphatic heterocycles. The summed E-state index contributed by atoms with van der Waals surface area (Å²) in [5.74, 6) is 1.86. The van der Waals surface area contributed by atoms with Gasteiger partial charge in [0.15, 0.2) is 0 Å². The molecule has 1 atom stereocenters. The highest BCUT2D eigenvalue weighted by atomic mass is 16.5. The first-order valence-corrected chi connectivity index (χ1v) is 8.49. The predicted molar refractivity (Wildman–Crippen MR) is 90.2 cm³/mol. The van der Waals surface area contributed by atoms with Crippen molar-refractivity contribution in [3.8, 4) is 5.75 Å². The fourth-order valence-corrected chi connectivity index (χ4v) is 3.08. The molecule has 1 aromatic rings. The van der Waals surface area contributed by atoms with Crippen LogP contribution in [0.2, 0.25) is 0 Å². The van der Waals surface area contributed by atoms with Gasteiger partial charge in [-0.25, -0.2) is 0 Å². The van der Waals surface area contributed by atoms with Crippen LogP contribution >= 0.6 is 0 Å². The molecule has 1 unspecified atom stereocenters. The van der Waals surface area contributed by atoms with Crippen LogP contribution in [0.25, 0.3) is 0 Å². The molecule has 5 nitrogen and oxygen atoms in total. The monoisotopic (exact) mass is 320 g/mol. The van der Waals surface area contributed by atoms with E-state index in [0.717, 1.165) is 31.5 Å². The van der Waals surface area contributed by atoms with E-state index in [1.165, 1.54) is 0 Å². The van der Waals surface area contributed by atoms with Gasteiger partial charge in [0.05, 0.1) is 6.61 Å². The van der Waals surface area contributed by atoms with Crippen molar-refractivity contribution in [2.75, 3.05) is 26.3 Å². The van der Waals surface area contributed by atoms with Gasteiger partial charge in [0.25, 0.3) is 0 Å². The Balaban J connectivity index is 1.79. The van der Waals surface area contributed by atoms with E-state index in [9.17, 15) is 4.79 Å². The molecule has 0 spiro atoms. The van der Waals surface area contributed by atoms with Crippen LogP contribution in [0.4, 0.5) is 0 Å². The third-order valence-electron chi connectivity index (χ3n) is 4.49. The third kappa shape index (κ3) is 5.84. The smallest absolute Gasteiger partial charge is 0.220 e. The maximum absolute atomic E-state index is 12.2. The molecule has 0 aromatic heterocycles. The van der Waals surface area contributed by atoms with Crippen molar-refractivity contribution < 1.29 is 14.6 Å². The number of hydrogen-bond donors (Lipinski definition) is 3. The Bertz CT molecular complexity index is 487. The third-order valence-corrected chi connectivity index (χ3v) is 4.49. The molecule has 1 aromatic carbocycles. The van der Waals surface area contributed by atoms with Crippen molar-refractivity contribution >= 4 is 5.91 Å². The molecule has 1 saturated heterocycles. The van der Waals surface area contributed by atoms with Gasteiger partial charge in [0, 0.05) is 18.5 Å². The van der Waals surface area contributed by atoms with Gasteiger partial charge >= 0.3 is 0 Å². The van der Waals surface area contributed by atoms with Gasteiger partial charge < -0.3 is 20.5 Å². The molecule has 5 heteroatoms. The van der Waals surface area contributed by atoms with E-state index in [0.29, 0.717) is 30.6 Å². The van der Waals surface area contributed by atoms with Crippen LogP contribution in [0.5, 0.6) is 5.75 Å². The Morgan fingerprint density at radius 1 is 1.39 bits per heavy atom. The molecule has 1 aliphatic rings. The fourth-order valence-electron chi connectivity index (χ4n) is 3.08. The summed E-state index contributed by atoms with van der Waals surface area (Å²) >= 11 is 0. The normalized spacial score (nSPS) is 16.8. The van der Waals surface area contributed by atoms with Crippen LogP contribution in [-0.2, 0) is 11.3 Å². The second-order valence-electron chi connectivity index (χ2n) is 6.23. The number of ether oxygens (including phenoxy) is 1. The number of amides is 1. The molecule has 0 saturated carbocycles. The van der Waals surface area contributed by atoms with E-state index < -0.39 is 0 Å². The van der Waals surface area contributed by atoms with E-state index in [1.807, 2.05) is 24.3 Å². The molecule has 2 rings (SSSR count). The molecule has 1 fully saturated rings. The lowest BCUT2D eigenvalue weighted by atomic mass is 9.84. The zero-order valence-corrected chi connectivity index (χ0v) is 13.9. The highest BCUT2D eigenvalue weighted by molar-refractivity contribution is 5.76. The van der Waals surface area contributed by atoms with Crippen LogP contribution in [0.3, 0.4) is 0 Å². The van der Waals surface area contributed by atoms with Crippen molar-refractivity contribution in [3.63, 3.8) is 0 Å². The SMILES string of the molecule is CC(CC(=O)NCc1ccccc1OCCO)C1CCNCC1. The van der Waals surface area contributed by atoms with Crippen LogP contribution in [0.1, 0.15) is 31.7 Å². The summed E-state index contributed by atoms with van der Waals surface area (Å²) in [5, 5.41) is 15.2. The van der Waals surface area contributed by atoms with Gasteiger partial charge in [0.1, 0.15) is 12.4 Å². The van der Waals surface area contributed by atoms with Crippen molar-refractivity contribution in [1.82, 2.24) is 10.6 Å². The van der Waals surface area contributed by atoms with Crippen molar-refractivity contribution in [2.45, 2.75) is 32.7 Å². The summed E-state index contributed by atoms with van der Waals surface area (Å²) < 4.78 is 5.49. The van der Waals surface area contributed by atoms with E-state index >= 15 is 0 Å². The summed E-state index contributed by atoms with van der Waals surface area (Å²) in [6, 6.07) is 7.60. The number of aliphatic hydroxyl groups is 1. The van der Waals surface area contributed by atoms with Gasteiger partial charge in [-0.15, -0.1) is 0 Å². The topological polar surface area (TPSA) is 70.6 Å². The summed E-state index contributed by atoms with van der Waals surface area (Å²) in [6.45, 7) is 5.00. The van der Waals surface area contributed by atoms with Gasteiger partial charge in [0.2, 0.25) is 5.91 Å². The molecular weight excluding hydrogens is 292 g/mol. The lowest BCUT2D eigenvalue weighted by Crippen LogP contribution is -2.33. The molecule has 0 aliphatic carbocycles. The zero-order valence-electron chi connectivity index (χ0n) is 13.9. The summed E-state index contributed by atoms with van der Waals surface area (Å²) in [7, 11) is 0. The summed E-state index contributed by atoms with van der Waals surface area (Å²) in [4.78, 5) is 12.2. The number of carbonyl (C=O) groups excluding carboxylic acids is 1. The highest BCUT2D eigenvalue weighted by Gasteiger charge is 2.21. The zero-order chi connectivity index (χ0) is 16.5. The van der Waals surface area contributed by atoms with E-state index in [4.69, 9.17) is 9.84 Å². The Kier molecular flexibility index (Phi) is 7.36. The number of nitrogens with one attached hydrogen (secondary N) is 2. The number of rotatable bonds is 8. The average molecular weight is 320 g/mol. The number of carbonyl (C=O) groups is 1. The maximum Gasteiger partial charge on any atom is 0.220 e. The number of piperidine rings is 1. The maximum atomic E-state index is 12.2. The quantitative estimate of drug-likeness (QED) is 0.682. The summed E-state index contributed by atoms with van der Waals surface area (Å²) in [5.41, 5.74) is 0.934. The minimum Gasteiger partial charge on any atom is -0.491 e. The highest BCUT2D eigenvalue weighted by Crippen LogP contribution is 2.24. The Morgan fingerprint density at radius 3 is 2.87 bits per heavy atom. The Labute approximate surface area is 138 Å². The Hall–Kier alpha value is -1.59. The first kappa shape index (κ1) is 17.8. The van der Waals surface area contributed by atoms with Crippen LogP contribution < -0.4 is 15.4 Å². The van der Waals surface area contributed by atoms with Gasteiger partial charge in [-0.1, -0.05) is 25.1 Å². The minimum atomic E-state index is -0.0194. The molecule has 3 N–H and O–H groups in total. The lowest BCUT2D eigenvalue weighted by molar-refractivity contribution is -0.122. The second-order valence-corrected chi connectivity index (χ2v) is 6.23. The molecule has 23 heavy (non-hydrogen) atoms. The van der Waals surface area contributed by atoms with Crippen LogP contribution in [0, 0.1) is 11.8 Å². The van der Waals surface area contributed by atoms with E-state index in [-0.39, 0.29) is 19.1 Å². The van der Waals surface area contributed by atoms with Gasteiger partial charge in [-0.3, -0.25) is 4.79 Å². The van der Waals surface area contributed by atoms with Crippen LogP contribution in [0.15, 0.2) is 24.3 Å². The largest absolute Gasteiger partial charge is 0.491 e. The van der Waals surface area contributed by atoms with Crippen molar-refractivity contribution in [1.29, 1.82) is 0 Å². The Morgan fingerprint density at radius 2 is 2.13 bits per heavy atom. The second kappa shape index (κ2) is 9.53. The lowest BCUT2D eigenvalue weighted by Gasteiger charge is -2.27. The molecule has 0 bridgehead atoms. The molecule has 1 heterocycles. The van der Waals surface area contributed by atoms with Crippen molar-refractivity contribution in [2.24, 2.45) is 11.8 Å². The first-order valence-electron chi connectivity index (χ1n) is 8.49. The molecule has 1 amide bonds. The average Bonchev–Trinajstić information content (AvgIpc) is 2.59. The standard InChI is InChI=1S/C18H28N2O3/c1-14(15-6-8-19-9-7-15)12-18(22)20-13-16-4-2-3-5-17(16)23-11-10-21/h2-5,14-15,19,21H,6-13H2,1H3,(H,20,22). The number of benzene rings is 1. The van der Waals surface area contributed by atoms with E-state index in [1.54, 1.807) is 0 Å². The number of aliphatic hydroxyl groups excluding tert-OH is 1. The fraction of sp³-hybridized carbons (Fsp3) is 0.611. The molecule has 0 radical (unpaired) electrons. The van der Waals surface area contributed by atoms with Crippen molar-refractivity contribution in [3.05, 3.63) is 29.8 Å². The summed E-state index contributed by atoms with van der Waals surface area (Å²) in [6.07, 6.45) is 2.89. The molecule has 128 valence electrons.